The summed E-state index contributed by atoms with van der Waals surface area (Å²) in [6.45, 7) is 6.03. The Morgan fingerprint density at radius 2 is 1.72 bits per heavy atom. The third-order valence-electron chi connectivity index (χ3n) is 8.04. The minimum Gasteiger partial charge on any atom is -0.497 e. The van der Waals surface area contributed by atoms with Crippen LogP contribution in [0.4, 0.5) is 5.69 Å². The first-order valence-electron chi connectivity index (χ1n) is 15.0. The summed E-state index contributed by atoms with van der Waals surface area (Å²) >= 11 is 1.28. The van der Waals surface area contributed by atoms with Crippen LogP contribution in [-0.2, 0) is 11.4 Å². The van der Waals surface area contributed by atoms with E-state index in [0.29, 0.717) is 43.4 Å². The predicted molar refractivity (Wildman–Crippen MR) is 183 cm³/mol. The summed E-state index contributed by atoms with van der Waals surface area (Å²) in [4.78, 5) is 33.3. The molecule has 5 aromatic rings. The first-order chi connectivity index (χ1) is 22.7. The second-order valence-electron chi connectivity index (χ2n) is 11.3. The second kappa shape index (κ2) is 13.3. The van der Waals surface area contributed by atoms with Crippen LogP contribution in [0.5, 0.6) is 11.5 Å². The van der Waals surface area contributed by atoms with Crippen molar-refractivity contribution in [1.82, 2.24) is 4.57 Å². The molecule has 0 fully saturated rings. The summed E-state index contributed by atoms with van der Waals surface area (Å²) in [5.74, 6) is 0.997. The van der Waals surface area contributed by atoms with Crippen LogP contribution < -0.4 is 29.7 Å². The molecule has 47 heavy (non-hydrogen) atoms. The highest BCUT2D eigenvalue weighted by molar-refractivity contribution is 7.07. The highest BCUT2D eigenvalue weighted by Gasteiger charge is 2.32. The molecule has 0 bridgehead atoms. The van der Waals surface area contributed by atoms with Gasteiger partial charge in [0.05, 0.1) is 40.6 Å². The van der Waals surface area contributed by atoms with Crippen LogP contribution >= 0.6 is 11.3 Å². The van der Waals surface area contributed by atoms with Gasteiger partial charge in [0.1, 0.15) is 18.1 Å². The zero-order valence-electron chi connectivity index (χ0n) is 26.4. The van der Waals surface area contributed by atoms with E-state index >= 15 is 0 Å². The van der Waals surface area contributed by atoms with Crippen molar-refractivity contribution < 1.29 is 14.3 Å². The van der Waals surface area contributed by atoms with Gasteiger partial charge in [0.25, 0.3) is 11.5 Å². The highest BCUT2D eigenvalue weighted by Crippen LogP contribution is 2.32. The van der Waals surface area contributed by atoms with E-state index in [1.54, 1.807) is 24.7 Å². The van der Waals surface area contributed by atoms with E-state index in [9.17, 15) is 14.9 Å². The smallest absolute Gasteiger partial charge is 0.271 e. The maximum absolute atomic E-state index is 14.1. The quantitative estimate of drug-likeness (QED) is 0.226. The predicted octanol–water partition coefficient (Wildman–Crippen LogP) is 5.95. The summed E-state index contributed by atoms with van der Waals surface area (Å²) in [5, 5.41) is 12.4. The zero-order chi connectivity index (χ0) is 33.1. The topological polar surface area (TPSA) is 106 Å². The second-order valence-corrected chi connectivity index (χ2v) is 12.3. The molecule has 6 rings (SSSR count). The normalized spacial score (nSPS) is 14.2. The molecular formula is C38H32N4O4S. The minimum absolute atomic E-state index is 0.243. The molecule has 1 atom stereocenters. The number of amides is 1. The van der Waals surface area contributed by atoms with Crippen molar-refractivity contribution in [2.75, 3.05) is 12.4 Å². The van der Waals surface area contributed by atoms with Gasteiger partial charge in [-0.25, -0.2) is 4.99 Å². The van der Waals surface area contributed by atoms with Gasteiger partial charge in [-0.05, 0) is 79.9 Å². The van der Waals surface area contributed by atoms with Gasteiger partial charge in [-0.1, -0.05) is 71.5 Å². The lowest BCUT2D eigenvalue weighted by Gasteiger charge is -2.25. The average molecular weight is 641 g/mol. The Hall–Kier alpha value is -5.72. The lowest BCUT2D eigenvalue weighted by molar-refractivity contribution is -0.113. The fraction of sp³-hybridized carbons (Fsp3) is 0.158. The number of methoxy groups -OCH3 is 1. The number of hydrogen-bond acceptors (Lipinski definition) is 7. The van der Waals surface area contributed by atoms with Gasteiger partial charge in [-0.3, -0.25) is 14.2 Å². The van der Waals surface area contributed by atoms with Crippen LogP contribution in [0.15, 0.2) is 112 Å². The van der Waals surface area contributed by atoms with Crippen LogP contribution in [0.25, 0.3) is 6.08 Å². The standard InChI is InChI=1S/C38H32N4O4S/c1-23-9-18-32(24(2)19-23)41-36(43)34-25(3)40-38-42(35(34)27-12-16-30(45-4)17-13-27)37(44)33(47-38)20-26-10-14-31(15-11-26)46-22-29-8-6-5-7-28(29)21-39/h5-20,35H,22H2,1-4H3,(H,41,43)/b33-20+/t35-/m1/s1. The Morgan fingerprint density at radius 3 is 2.43 bits per heavy atom. The Balaban J connectivity index is 1.35. The third kappa shape index (κ3) is 6.50. The number of fused-ring (bicyclic) bond motifs is 1. The van der Waals surface area contributed by atoms with Crippen LogP contribution in [0.2, 0.25) is 0 Å². The van der Waals surface area contributed by atoms with Crippen molar-refractivity contribution in [1.29, 1.82) is 5.26 Å². The molecule has 1 amide bonds. The van der Waals surface area contributed by atoms with E-state index in [2.05, 4.69) is 11.4 Å². The van der Waals surface area contributed by atoms with E-state index in [1.807, 2.05) is 105 Å². The summed E-state index contributed by atoms with van der Waals surface area (Å²) in [7, 11) is 1.59. The molecule has 8 nitrogen and oxygen atoms in total. The number of benzene rings is 4. The first kappa shape index (κ1) is 31.3. The van der Waals surface area contributed by atoms with Gasteiger partial charge < -0.3 is 14.8 Å². The largest absolute Gasteiger partial charge is 0.497 e. The van der Waals surface area contributed by atoms with E-state index in [0.717, 1.165) is 27.8 Å². The molecule has 0 spiro atoms. The van der Waals surface area contributed by atoms with Gasteiger partial charge in [0.15, 0.2) is 4.80 Å². The number of aryl methyl sites for hydroxylation is 2. The molecule has 4 aromatic carbocycles. The number of allylic oxidation sites excluding steroid dienone is 1. The molecule has 0 radical (unpaired) electrons. The van der Waals surface area contributed by atoms with Gasteiger partial charge in [0, 0.05) is 11.3 Å². The van der Waals surface area contributed by atoms with Crippen molar-refractivity contribution in [3.63, 3.8) is 0 Å². The molecular weight excluding hydrogens is 609 g/mol. The number of nitrogens with zero attached hydrogens (tertiary/aromatic N) is 3. The van der Waals surface area contributed by atoms with Crippen molar-refractivity contribution in [2.24, 2.45) is 4.99 Å². The number of anilines is 1. The number of thiazole rings is 1. The van der Waals surface area contributed by atoms with E-state index < -0.39 is 6.04 Å². The molecule has 0 unspecified atom stereocenters. The number of nitrogens with one attached hydrogen (secondary N) is 1. The molecule has 0 saturated carbocycles. The monoisotopic (exact) mass is 640 g/mol. The van der Waals surface area contributed by atoms with Crippen LogP contribution in [0.1, 0.15) is 46.3 Å². The van der Waals surface area contributed by atoms with Gasteiger partial charge >= 0.3 is 0 Å². The highest BCUT2D eigenvalue weighted by atomic mass is 32.1. The number of carbonyl (C=O) groups is 1. The Bertz CT molecular complexity index is 2240. The van der Waals surface area contributed by atoms with Crippen LogP contribution in [0, 0.1) is 25.2 Å². The maximum atomic E-state index is 14.1. The number of rotatable bonds is 8. The molecule has 234 valence electrons. The van der Waals surface area contributed by atoms with E-state index in [4.69, 9.17) is 14.5 Å². The summed E-state index contributed by atoms with van der Waals surface area (Å²) in [6, 6.07) is 29.5. The Morgan fingerprint density at radius 1 is 1.00 bits per heavy atom. The number of nitriles is 1. The molecule has 1 N–H and O–H groups in total. The Kier molecular flexibility index (Phi) is 8.87. The molecule has 9 heteroatoms. The SMILES string of the molecule is COc1ccc([C@@H]2C(C(=O)Nc3ccc(C)cc3C)=C(C)N=c3s/c(=C/c4ccc(OCc5ccccc5C#N)cc4)c(=O)n32)cc1. The fourth-order valence-corrected chi connectivity index (χ4v) is 6.63. The average Bonchev–Trinajstić information content (AvgIpc) is 3.38. The first-order valence-corrected chi connectivity index (χ1v) is 15.8. The minimum atomic E-state index is -0.697. The molecule has 0 saturated heterocycles. The summed E-state index contributed by atoms with van der Waals surface area (Å²) in [5.41, 5.74) is 6.40. The molecule has 1 aromatic heterocycles. The molecule has 0 aliphatic carbocycles. The molecule has 1 aliphatic heterocycles. The number of aromatic nitrogens is 1. The maximum Gasteiger partial charge on any atom is 0.271 e. The van der Waals surface area contributed by atoms with Crippen LogP contribution in [-0.4, -0.2) is 17.6 Å². The van der Waals surface area contributed by atoms with E-state index in [1.165, 1.54) is 11.3 Å². The number of hydrogen-bond donors (Lipinski definition) is 1. The lowest BCUT2D eigenvalue weighted by Crippen LogP contribution is -2.40. The number of ether oxygens (including phenoxy) is 2. The molecule has 1 aliphatic rings. The lowest BCUT2D eigenvalue weighted by atomic mass is 9.95. The zero-order valence-corrected chi connectivity index (χ0v) is 27.2. The van der Waals surface area contributed by atoms with E-state index in [-0.39, 0.29) is 18.1 Å². The van der Waals surface area contributed by atoms with Gasteiger partial charge in [0.2, 0.25) is 0 Å². The van der Waals surface area contributed by atoms with Crippen LogP contribution in [0.3, 0.4) is 0 Å². The number of carbonyl (C=O) groups excluding carboxylic acids is 1. The van der Waals surface area contributed by atoms with Gasteiger partial charge in [-0.15, -0.1) is 0 Å². The van der Waals surface area contributed by atoms with Gasteiger partial charge in [-0.2, -0.15) is 5.26 Å². The third-order valence-corrected chi connectivity index (χ3v) is 9.02. The van der Waals surface area contributed by atoms with Crippen molar-refractivity contribution in [3.8, 4) is 17.6 Å². The Labute approximate surface area is 276 Å². The summed E-state index contributed by atoms with van der Waals surface area (Å²) in [6.07, 6.45) is 1.82. The van der Waals surface area contributed by atoms with Crippen molar-refractivity contribution in [2.45, 2.75) is 33.4 Å². The molecule has 2 heterocycles. The summed E-state index contributed by atoms with van der Waals surface area (Å²) < 4.78 is 13.4. The van der Waals surface area contributed by atoms with Crippen molar-refractivity contribution in [3.05, 3.63) is 155 Å². The van der Waals surface area contributed by atoms with Crippen molar-refractivity contribution >= 4 is 29.0 Å². The fourth-order valence-electron chi connectivity index (χ4n) is 5.58.